The monoisotopic (exact) mass is 628 g/mol. The van der Waals surface area contributed by atoms with E-state index in [1.54, 1.807) is 12.4 Å². The van der Waals surface area contributed by atoms with Gasteiger partial charge in [0.05, 0.1) is 23.8 Å². The number of nitrogens with one attached hydrogen (secondary N) is 1. The quantitative estimate of drug-likeness (QED) is 0.444. The topological polar surface area (TPSA) is 90.9 Å². The van der Waals surface area contributed by atoms with Crippen molar-refractivity contribution >= 4 is 17.5 Å². The van der Waals surface area contributed by atoms with E-state index in [9.17, 15) is 22.8 Å². The molecule has 0 radical (unpaired) electrons. The Balaban J connectivity index is 1.28. The number of carbonyl (C=O) groups excluding carboxylic acids is 2. The molecule has 0 unspecified atom stereocenters. The number of hydrogen-bond donors (Lipinski definition) is 1. The molecule has 9 nitrogen and oxygen atoms in total. The van der Waals surface area contributed by atoms with Crippen molar-refractivity contribution in [2.24, 2.45) is 10.8 Å². The molecule has 4 heterocycles. The van der Waals surface area contributed by atoms with Gasteiger partial charge in [0.2, 0.25) is 5.91 Å². The van der Waals surface area contributed by atoms with Gasteiger partial charge in [-0.15, -0.1) is 0 Å². The zero-order chi connectivity index (χ0) is 32.0. The van der Waals surface area contributed by atoms with Crippen LogP contribution in [0.5, 0.6) is 5.75 Å². The molecule has 2 amide bonds. The third kappa shape index (κ3) is 5.74. The molecule has 2 aromatic heterocycles. The number of anilines is 1. The van der Waals surface area contributed by atoms with E-state index in [1.165, 1.54) is 0 Å². The number of pyridine rings is 2. The zero-order valence-electron chi connectivity index (χ0n) is 26.3. The average molecular weight is 629 g/mol. The highest BCUT2D eigenvalue weighted by atomic mass is 19.4. The fourth-order valence-corrected chi connectivity index (χ4v) is 7.86. The predicted octanol–water partition coefficient (Wildman–Crippen LogP) is 4.92. The number of halogens is 3. The predicted molar refractivity (Wildman–Crippen MR) is 164 cm³/mol. The minimum Gasteiger partial charge on any atom is -0.492 e. The van der Waals surface area contributed by atoms with Crippen LogP contribution in [0.3, 0.4) is 0 Å². The van der Waals surface area contributed by atoms with Gasteiger partial charge in [-0.05, 0) is 71.0 Å². The van der Waals surface area contributed by atoms with Crippen LogP contribution in [0.2, 0.25) is 0 Å². The van der Waals surface area contributed by atoms with Gasteiger partial charge in [-0.2, -0.15) is 13.2 Å². The van der Waals surface area contributed by atoms with Gasteiger partial charge in [0.15, 0.2) is 5.69 Å². The van der Waals surface area contributed by atoms with Gasteiger partial charge in [0, 0.05) is 68.2 Å². The van der Waals surface area contributed by atoms with Crippen LogP contribution < -0.4 is 15.0 Å². The SMILES string of the molecule is CCOc1cc(N2CCN(C(=O)C34CCC(C(F)(F)F)(CC3)CC4)C[C@H]2CC)c(C(=O)NC2CN(C)C2)nc1-c1cccnc1. The Morgan fingerprint density at radius 3 is 2.36 bits per heavy atom. The largest absolute Gasteiger partial charge is 0.492 e. The first-order valence-corrected chi connectivity index (χ1v) is 16.2. The molecule has 2 aromatic rings. The first-order chi connectivity index (χ1) is 21.5. The second-order valence-corrected chi connectivity index (χ2v) is 13.3. The number of rotatable bonds is 8. The Kier molecular flexibility index (Phi) is 8.47. The number of fused-ring (bicyclic) bond motifs is 3. The summed E-state index contributed by atoms with van der Waals surface area (Å²) in [5, 5.41) is 3.14. The second-order valence-electron chi connectivity index (χ2n) is 13.3. The van der Waals surface area contributed by atoms with Crippen molar-refractivity contribution in [1.29, 1.82) is 0 Å². The van der Waals surface area contributed by atoms with E-state index in [1.807, 2.05) is 44.0 Å². The summed E-state index contributed by atoms with van der Waals surface area (Å²) < 4.78 is 47.6. The molecule has 2 bridgehead atoms. The van der Waals surface area contributed by atoms with Crippen molar-refractivity contribution in [2.75, 3.05) is 51.3 Å². The van der Waals surface area contributed by atoms with Gasteiger partial charge in [-0.1, -0.05) is 6.92 Å². The van der Waals surface area contributed by atoms with E-state index in [2.05, 4.69) is 20.1 Å². The molecule has 244 valence electrons. The number of carbonyl (C=O) groups is 2. The summed E-state index contributed by atoms with van der Waals surface area (Å²) >= 11 is 0. The molecule has 1 N–H and O–H groups in total. The van der Waals surface area contributed by atoms with Gasteiger partial charge in [-0.3, -0.25) is 14.6 Å². The lowest BCUT2D eigenvalue weighted by atomic mass is 9.53. The molecule has 5 aliphatic rings. The molecule has 3 saturated carbocycles. The molecule has 0 aromatic carbocycles. The lowest BCUT2D eigenvalue weighted by Gasteiger charge is -2.54. The van der Waals surface area contributed by atoms with E-state index in [4.69, 9.17) is 9.72 Å². The molecule has 2 aliphatic heterocycles. The van der Waals surface area contributed by atoms with Crippen molar-refractivity contribution in [1.82, 2.24) is 25.1 Å². The summed E-state index contributed by atoms with van der Waals surface area (Å²) in [7, 11) is 2.00. The van der Waals surface area contributed by atoms with E-state index in [0.717, 1.165) is 18.7 Å². The van der Waals surface area contributed by atoms with E-state index in [-0.39, 0.29) is 43.2 Å². The first-order valence-electron chi connectivity index (χ1n) is 16.2. The maximum atomic E-state index is 14.0. The van der Waals surface area contributed by atoms with E-state index in [0.29, 0.717) is 74.7 Å². The number of alkyl halides is 3. The molecule has 3 aliphatic carbocycles. The highest BCUT2D eigenvalue weighted by molar-refractivity contribution is 5.99. The summed E-state index contributed by atoms with van der Waals surface area (Å²) in [6.45, 7) is 7.20. The minimum atomic E-state index is -4.22. The summed E-state index contributed by atoms with van der Waals surface area (Å²) in [4.78, 5) is 43.1. The first kappa shape index (κ1) is 31.6. The number of likely N-dealkylation sites (N-methyl/N-ethyl adjacent to an activating group) is 1. The molecular weight excluding hydrogens is 585 g/mol. The van der Waals surface area contributed by atoms with Crippen LogP contribution in [0.4, 0.5) is 18.9 Å². The van der Waals surface area contributed by atoms with Crippen molar-refractivity contribution < 1.29 is 27.5 Å². The lowest BCUT2D eigenvalue weighted by molar-refractivity contribution is -0.259. The van der Waals surface area contributed by atoms with Crippen LogP contribution in [-0.4, -0.2) is 96.2 Å². The molecule has 2 saturated heterocycles. The summed E-state index contributed by atoms with van der Waals surface area (Å²) in [6.07, 6.45) is 0.830. The number of nitrogens with zero attached hydrogens (tertiary/aromatic N) is 5. The average Bonchev–Trinajstić information content (AvgIpc) is 3.04. The Morgan fingerprint density at radius 2 is 1.78 bits per heavy atom. The third-order valence-corrected chi connectivity index (χ3v) is 10.7. The third-order valence-electron chi connectivity index (χ3n) is 10.7. The van der Waals surface area contributed by atoms with Crippen LogP contribution in [0.15, 0.2) is 30.6 Å². The second kappa shape index (κ2) is 12.1. The van der Waals surface area contributed by atoms with Gasteiger partial charge in [0.1, 0.15) is 11.4 Å². The van der Waals surface area contributed by atoms with Crippen molar-refractivity contribution in [3.05, 3.63) is 36.3 Å². The summed E-state index contributed by atoms with van der Waals surface area (Å²) in [6, 6.07) is 5.51. The van der Waals surface area contributed by atoms with E-state index >= 15 is 0 Å². The molecular formula is C33H43F3N6O3. The number of ether oxygens (including phenoxy) is 1. The van der Waals surface area contributed by atoms with E-state index < -0.39 is 17.0 Å². The van der Waals surface area contributed by atoms with Crippen LogP contribution >= 0.6 is 0 Å². The molecule has 7 rings (SSSR count). The van der Waals surface area contributed by atoms with Crippen LogP contribution in [0, 0.1) is 10.8 Å². The van der Waals surface area contributed by atoms with Gasteiger partial charge in [0.25, 0.3) is 5.91 Å². The maximum Gasteiger partial charge on any atom is 0.394 e. The minimum absolute atomic E-state index is 0.0109. The fourth-order valence-electron chi connectivity index (χ4n) is 7.86. The number of hydrogen-bond acceptors (Lipinski definition) is 7. The normalized spacial score (nSPS) is 27.3. The molecule has 1 atom stereocenters. The number of likely N-dealkylation sites (tertiary alicyclic amines) is 1. The Morgan fingerprint density at radius 1 is 1.07 bits per heavy atom. The van der Waals surface area contributed by atoms with Crippen molar-refractivity contribution in [2.45, 2.75) is 77.1 Å². The van der Waals surface area contributed by atoms with Crippen LogP contribution in [-0.2, 0) is 4.79 Å². The number of piperazine rings is 1. The standard InChI is InChI=1S/C33H43F3N6O3/c1-4-24-21-41(30(44)31-8-11-32(12-9-31,13-10-31)33(34,35)36)15-16-42(24)25-17-26(45-5-2)27(22-7-6-14-37-18-22)39-28(25)29(43)38-23-19-40(3)20-23/h6-7,14,17-18,23-24H,4-5,8-13,15-16,19-21H2,1-3H3,(H,38,43)/t24-,31?,32?/m1/s1. The maximum absolute atomic E-state index is 14.0. The highest BCUT2D eigenvalue weighted by Crippen LogP contribution is 2.63. The number of aromatic nitrogens is 2. The van der Waals surface area contributed by atoms with Crippen molar-refractivity contribution in [3.63, 3.8) is 0 Å². The Labute approximate surface area is 262 Å². The molecule has 0 spiro atoms. The number of amides is 2. The summed E-state index contributed by atoms with van der Waals surface area (Å²) in [5.74, 6) is 0.273. The smallest absolute Gasteiger partial charge is 0.394 e. The highest BCUT2D eigenvalue weighted by Gasteiger charge is 2.63. The molecule has 5 fully saturated rings. The Bertz CT molecular complexity index is 1390. The van der Waals surface area contributed by atoms with Gasteiger partial charge in [-0.25, -0.2) is 4.98 Å². The zero-order valence-corrected chi connectivity index (χ0v) is 26.3. The van der Waals surface area contributed by atoms with Gasteiger partial charge < -0.3 is 24.8 Å². The lowest BCUT2D eigenvalue weighted by Crippen LogP contribution is -2.61. The van der Waals surface area contributed by atoms with Crippen LogP contribution in [0.1, 0.15) is 69.3 Å². The fraction of sp³-hybridized carbons (Fsp3) is 0.636. The van der Waals surface area contributed by atoms with Gasteiger partial charge >= 0.3 is 6.18 Å². The van der Waals surface area contributed by atoms with Crippen LogP contribution in [0.25, 0.3) is 11.3 Å². The van der Waals surface area contributed by atoms with Crippen molar-refractivity contribution in [3.8, 4) is 17.0 Å². The molecule has 45 heavy (non-hydrogen) atoms. The summed E-state index contributed by atoms with van der Waals surface area (Å²) in [5.41, 5.74) is -0.107. The Hall–Kier alpha value is -3.41. The molecule has 12 heteroatoms.